The molecule has 0 saturated carbocycles. The van der Waals surface area contributed by atoms with Gasteiger partial charge in [-0.15, -0.1) is 11.3 Å². The fourth-order valence-electron chi connectivity index (χ4n) is 2.06. The van der Waals surface area contributed by atoms with E-state index in [1.807, 2.05) is 12.1 Å². The average molecular weight is 418 g/mol. The van der Waals surface area contributed by atoms with Crippen molar-refractivity contribution in [3.8, 4) is 0 Å². The molecule has 0 amide bonds. The standard InChI is InChI=1S/C15H18Br2N2S/c1-19(9-11-8-15(17)20-10-11)7-6-14(18)12-2-4-13(16)5-3-12/h2-5,8,10,14H,6-7,9,18H2,1H3. The summed E-state index contributed by atoms with van der Waals surface area (Å²) in [6, 6.07) is 10.5. The molecule has 0 fully saturated rings. The molecular weight excluding hydrogens is 400 g/mol. The van der Waals surface area contributed by atoms with Crippen molar-refractivity contribution in [2.75, 3.05) is 13.6 Å². The minimum Gasteiger partial charge on any atom is -0.324 e. The second kappa shape index (κ2) is 7.71. The van der Waals surface area contributed by atoms with E-state index in [-0.39, 0.29) is 6.04 Å². The first kappa shape index (κ1) is 16.2. The van der Waals surface area contributed by atoms with Crippen LogP contribution in [0.4, 0.5) is 0 Å². The second-order valence-corrected chi connectivity index (χ2v) is 8.15. The van der Waals surface area contributed by atoms with Crippen LogP contribution in [-0.4, -0.2) is 18.5 Å². The fraction of sp³-hybridized carbons (Fsp3) is 0.333. The zero-order valence-electron chi connectivity index (χ0n) is 11.4. The molecule has 20 heavy (non-hydrogen) atoms. The average Bonchev–Trinajstić information content (AvgIpc) is 2.82. The van der Waals surface area contributed by atoms with Crippen LogP contribution < -0.4 is 5.73 Å². The molecule has 1 atom stereocenters. The van der Waals surface area contributed by atoms with Crippen LogP contribution in [0.2, 0.25) is 0 Å². The third-order valence-corrected chi connectivity index (χ3v) is 5.28. The van der Waals surface area contributed by atoms with Crippen molar-refractivity contribution in [1.29, 1.82) is 0 Å². The molecule has 108 valence electrons. The molecule has 1 unspecified atom stereocenters. The Balaban J connectivity index is 1.80. The van der Waals surface area contributed by atoms with Crippen LogP contribution in [0.1, 0.15) is 23.6 Å². The highest BCUT2D eigenvalue weighted by Crippen LogP contribution is 2.22. The van der Waals surface area contributed by atoms with E-state index in [0.29, 0.717) is 0 Å². The van der Waals surface area contributed by atoms with E-state index in [0.717, 1.165) is 24.0 Å². The number of benzene rings is 1. The third-order valence-electron chi connectivity index (χ3n) is 3.19. The molecule has 0 bridgehead atoms. The maximum Gasteiger partial charge on any atom is 0.0701 e. The number of nitrogens with zero attached hydrogens (tertiary/aromatic N) is 1. The summed E-state index contributed by atoms with van der Waals surface area (Å²) in [5.41, 5.74) is 8.79. The van der Waals surface area contributed by atoms with E-state index < -0.39 is 0 Å². The molecule has 5 heteroatoms. The van der Waals surface area contributed by atoms with Gasteiger partial charge in [-0.25, -0.2) is 0 Å². The van der Waals surface area contributed by atoms with E-state index in [4.69, 9.17) is 5.73 Å². The lowest BCUT2D eigenvalue weighted by atomic mass is 10.0. The van der Waals surface area contributed by atoms with E-state index in [1.165, 1.54) is 14.9 Å². The van der Waals surface area contributed by atoms with Crippen LogP contribution >= 0.6 is 43.2 Å². The van der Waals surface area contributed by atoms with Gasteiger partial charge in [0.25, 0.3) is 0 Å². The van der Waals surface area contributed by atoms with Gasteiger partial charge in [0.1, 0.15) is 0 Å². The number of hydrogen-bond donors (Lipinski definition) is 1. The Morgan fingerprint density at radius 1 is 1.25 bits per heavy atom. The van der Waals surface area contributed by atoms with Gasteiger partial charge in [-0.05, 0) is 70.6 Å². The van der Waals surface area contributed by atoms with Crippen LogP contribution in [0.3, 0.4) is 0 Å². The summed E-state index contributed by atoms with van der Waals surface area (Å²) in [5.74, 6) is 0. The van der Waals surface area contributed by atoms with E-state index in [9.17, 15) is 0 Å². The number of nitrogens with two attached hydrogens (primary N) is 1. The quantitative estimate of drug-likeness (QED) is 0.731. The van der Waals surface area contributed by atoms with Gasteiger partial charge in [-0.2, -0.15) is 0 Å². The van der Waals surface area contributed by atoms with Crippen molar-refractivity contribution in [2.45, 2.75) is 19.0 Å². The molecule has 1 aromatic heterocycles. The van der Waals surface area contributed by atoms with Gasteiger partial charge in [0.2, 0.25) is 0 Å². The number of halogens is 2. The lowest BCUT2D eigenvalue weighted by Crippen LogP contribution is -2.23. The number of thiophene rings is 1. The Labute approximate surface area is 141 Å². The summed E-state index contributed by atoms with van der Waals surface area (Å²) in [5, 5.41) is 2.19. The van der Waals surface area contributed by atoms with Gasteiger partial charge in [-0.1, -0.05) is 28.1 Å². The predicted molar refractivity (Wildman–Crippen MR) is 94.0 cm³/mol. The first-order valence-corrected chi connectivity index (χ1v) is 8.93. The highest BCUT2D eigenvalue weighted by atomic mass is 79.9. The Hall–Kier alpha value is -0.200. The molecule has 0 aliphatic heterocycles. The summed E-state index contributed by atoms with van der Waals surface area (Å²) in [6.45, 7) is 1.96. The number of hydrogen-bond acceptors (Lipinski definition) is 3. The molecule has 0 spiro atoms. The van der Waals surface area contributed by atoms with E-state index >= 15 is 0 Å². The van der Waals surface area contributed by atoms with Gasteiger partial charge in [0, 0.05) is 17.1 Å². The summed E-state index contributed by atoms with van der Waals surface area (Å²) in [4.78, 5) is 2.31. The number of rotatable bonds is 6. The Bertz CT molecular complexity index is 539. The van der Waals surface area contributed by atoms with Crippen molar-refractivity contribution >= 4 is 43.2 Å². The normalized spacial score (nSPS) is 12.8. The molecule has 2 nitrogen and oxygen atoms in total. The Morgan fingerprint density at radius 3 is 2.55 bits per heavy atom. The fourth-order valence-corrected chi connectivity index (χ4v) is 3.52. The molecule has 0 saturated heterocycles. The van der Waals surface area contributed by atoms with Crippen LogP contribution in [-0.2, 0) is 6.54 Å². The molecule has 0 aliphatic carbocycles. The monoisotopic (exact) mass is 416 g/mol. The summed E-state index contributed by atoms with van der Waals surface area (Å²) >= 11 is 8.67. The molecule has 1 aromatic carbocycles. The lowest BCUT2D eigenvalue weighted by molar-refractivity contribution is 0.312. The summed E-state index contributed by atoms with van der Waals surface area (Å²) < 4.78 is 2.28. The van der Waals surface area contributed by atoms with Crippen molar-refractivity contribution in [3.05, 3.63) is 55.1 Å². The lowest BCUT2D eigenvalue weighted by Gasteiger charge is -2.19. The van der Waals surface area contributed by atoms with Crippen molar-refractivity contribution in [2.24, 2.45) is 5.73 Å². The van der Waals surface area contributed by atoms with Gasteiger partial charge >= 0.3 is 0 Å². The maximum absolute atomic E-state index is 6.24. The molecule has 2 aromatic rings. The molecule has 1 heterocycles. The summed E-state index contributed by atoms with van der Waals surface area (Å²) in [6.07, 6.45) is 0.962. The van der Waals surface area contributed by atoms with Gasteiger partial charge in [-0.3, -0.25) is 0 Å². The topological polar surface area (TPSA) is 29.3 Å². The van der Waals surface area contributed by atoms with E-state index in [2.05, 4.69) is 67.4 Å². The van der Waals surface area contributed by atoms with Crippen LogP contribution in [0, 0.1) is 0 Å². The molecular formula is C15H18Br2N2S. The SMILES string of the molecule is CN(CCC(N)c1ccc(Br)cc1)Cc1csc(Br)c1. The van der Waals surface area contributed by atoms with Crippen LogP contribution in [0.15, 0.2) is 44.0 Å². The van der Waals surface area contributed by atoms with Gasteiger partial charge < -0.3 is 10.6 Å². The Kier molecular flexibility index (Phi) is 6.23. The smallest absolute Gasteiger partial charge is 0.0701 e. The highest BCUT2D eigenvalue weighted by molar-refractivity contribution is 9.11. The largest absolute Gasteiger partial charge is 0.324 e. The Morgan fingerprint density at radius 2 is 1.95 bits per heavy atom. The van der Waals surface area contributed by atoms with Crippen LogP contribution in [0.25, 0.3) is 0 Å². The van der Waals surface area contributed by atoms with Crippen molar-refractivity contribution < 1.29 is 0 Å². The van der Waals surface area contributed by atoms with Crippen LogP contribution in [0.5, 0.6) is 0 Å². The summed E-state index contributed by atoms with van der Waals surface area (Å²) in [7, 11) is 2.14. The maximum atomic E-state index is 6.24. The molecule has 2 N–H and O–H groups in total. The van der Waals surface area contributed by atoms with Gasteiger partial charge in [0.15, 0.2) is 0 Å². The van der Waals surface area contributed by atoms with E-state index in [1.54, 1.807) is 11.3 Å². The molecule has 0 aliphatic rings. The van der Waals surface area contributed by atoms with Crippen molar-refractivity contribution in [1.82, 2.24) is 4.90 Å². The second-order valence-electron chi connectivity index (χ2n) is 4.94. The zero-order chi connectivity index (χ0) is 14.5. The first-order valence-electron chi connectivity index (χ1n) is 6.47. The zero-order valence-corrected chi connectivity index (χ0v) is 15.3. The molecule has 2 rings (SSSR count). The highest BCUT2D eigenvalue weighted by Gasteiger charge is 2.08. The minimum absolute atomic E-state index is 0.0970. The predicted octanol–water partition coefficient (Wildman–Crippen LogP) is 4.80. The van der Waals surface area contributed by atoms with Crippen molar-refractivity contribution in [3.63, 3.8) is 0 Å². The minimum atomic E-state index is 0.0970. The first-order chi connectivity index (χ1) is 9.54. The molecule has 0 radical (unpaired) electrons. The third kappa shape index (κ3) is 4.97. The van der Waals surface area contributed by atoms with Gasteiger partial charge in [0.05, 0.1) is 3.79 Å².